The van der Waals surface area contributed by atoms with Gasteiger partial charge in [-0.25, -0.2) is 9.97 Å². The number of piperidine rings is 1. The predicted molar refractivity (Wildman–Crippen MR) is 167 cm³/mol. The van der Waals surface area contributed by atoms with Crippen molar-refractivity contribution in [3.8, 4) is 34.6 Å². The number of benzene rings is 2. The molecule has 9 heteroatoms. The maximum atomic E-state index is 9.79. The van der Waals surface area contributed by atoms with Crippen molar-refractivity contribution in [2.75, 3.05) is 45.3 Å². The van der Waals surface area contributed by atoms with Crippen LogP contribution in [0.4, 0.5) is 11.6 Å². The van der Waals surface area contributed by atoms with Crippen molar-refractivity contribution in [1.29, 1.82) is 5.26 Å². The Kier molecular flexibility index (Phi) is 10.7. The highest BCUT2D eigenvalue weighted by Gasteiger charge is 2.22. The molecule has 2 aromatic carbocycles. The summed E-state index contributed by atoms with van der Waals surface area (Å²) in [7, 11) is 1.65. The average Bonchev–Trinajstić information content (AvgIpc) is 3.04. The SMILES string of the molecule is COc1ccc(Nc2nccc(-c3cccc(C#N)c3OC3CCOCC3)n2)cc1OCCCC1CCN(C(C)C)CC1. The van der Waals surface area contributed by atoms with Crippen LogP contribution in [0.15, 0.2) is 48.7 Å². The quantitative estimate of drug-likeness (QED) is 0.235. The Balaban J connectivity index is 1.24. The summed E-state index contributed by atoms with van der Waals surface area (Å²) in [6, 6.07) is 16.0. The van der Waals surface area contributed by atoms with Gasteiger partial charge in [-0.05, 0) is 88.9 Å². The van der Waals surface area contributed by atoms with E-state index < -0.39 is 0 Å². The van der Waals surface area contributed by atoms with E-state index >= 15 is 0 Å². The molecule has 5 rings (SSSR count). The number of methoxy groups -OCH3 is 1. The van der Waals surface area contributed by atoms with E-state index in [9.17, 15) is 5.26 Å². The Bertz CT molecular complexity index is 1380. The van der Waals surface area contributed by atoms with Crippen LogP contribution in [0.5, 0.6) is 17.2 Å². The second kappa shape index (κ2) is 15.0. The molecule has 3 heterocycles. The zero-order valence-corrected chi connectivity index (χ0v) is 25.6. The predicted octanol–water partition coefficient (Wildman–Crippen LogP) is 6.60. The molecule has 1 aromatic heterocycles. The van der Waals surface area contributed by atoms with E-state index in [1.165, 1.54) is 32.4 Å². The van der Waals surface area contributed by atoms with Gasteiger partial charge >= 0.3 is 0 Å². The maximum Gasteiger partial charge on any atom is 0.227 e. The number of hydrogen-bond acceptors (Lipinski definition) is 9. The summed E-state index contributed by atoms with van der Waals surface area (Å²) in [4.78, 5) is 11.8. The fourth-order valence-corrected chi connectivity index (χ4v) is 5.79. The van der Waals surface area contributed by atoms with Crippen LogP contribution in [0.2, 0.25) is 0 Å². The Labute approximate surface area is 255 Å². The fourth-order valence-electron chi connectivity index (χ4n) is 5.79. The van der Waals surface area contributed by atoms with Gasteiger partial charge in [-0.2, -0.15) is 5.26 Å². The summed E-state index contributed by atoms with van der Waals surface area (Å²) in [6.07, 6.45) is 8.00. The molecule has 0 saturated carbocycles. The number of hydrogen-bond donors (Lipinski definition) is 1. The first-order valence-electron chi connectivity index (χ1n) is 15.5. The van der Waals surface area contributed by atoms with E-state index in [-0.39, 0.29) is 6.10 Å². The maximum absolute atomic E-state index is 9.79. The molecule has 43 heavy (non-hydrogen) atoms. The van der Waals surface area contributed by atoms with Gasteiger partial charge in [0.2, 0.25) is 5.95 Å². The van der Waals surface area contributed by atoms with E-state index in [1.807, 2.05) is 36.4 Å². The minimum atomic E-state index is -0.00273. The number of anilines is 2. The van der Waals surface area contributed by atoms with Crippen LogP contribution >= 0.6 is 0 Å². The van der Waals surface area contributed by atoms with Gasteiger partial charge in [-0.1, -0.05) is 6.07 Å². The van der Waals surface area contributed by atoms with Gasteiger partial charge in [0.1, 0.15) is 17.9 Å². The molecule has 0 amide bonds. The van der Waals surface area contributed by atoms with Crippen molar-refractivity contribution in [2.24, 2.45) is 5.92 Å². The lowest BCUT2D eigenvalue weighted by atomic mass is 9.92. The molecular weight excluding hydrogens is 542 g/mol. The number of aromatic nitrogens is 2. The van der Waals surface area contributed by atoms with Gasteiger partial charge in [0, 0.05) is 42.4 Å². The number of likely N-dealkylation sites (tertiary alicyclic amines) is 1. The summed E-state index contributed by atoms with van der Waals surface area (Å²) in [5.74, 6) is 3.13. The fraction of sp³-hybridized carbons (Fsp3) is 0.500. The summed E-state index contributed by atoms with van der Waals surface area (Å²) in [5.41, 5.74) is 2.69. The summed E-state index contributed by atoms with van der Waals surface area (Å²) in [6.45, 7) is 8.90. The summed E-state index contributed by atoms with van der Waals surface area (Å²) >= 11 is 0. The lowest BCUT2D eigenvalue weighted by molar-refractivity contribution is 0.0257. The van der Waals surface area contributed by atoms with Crippen LogP contribution in [0.3, 0.4) is 0 Å². The van der Waals surface area contributed by atoms with Crippen molar-refractivity contribution in [3.63, 3.8) is 0 Å². The van der Waals surface area contributed by atoms with Crippen LogP contribution in [0, 0.1) is 17.2 Å². The minimum Gasteiger partial charge on any atom is -0.493 e. The molecule has 0 aliphatic carbocycles. The van der Waals surface area contributed by atoms with Gasteiger partial charge in [-0.3, -0.25) is 0 Å². The lowest BCUT2D eigenvalue weighted by Gasteiger charge is -2.34. The highest BCUT2D eigenvalue weighted by Crippen LogP contribution is 2.35. The van der Waals surface area contributed by atoms with Gasteiger partial charge in [0.25, 0.3) is 0 Å². The van der Waals surface area contributed by atoms with E-state index in [0.717, 1.165) is 36.4 Å². The molecule has 2 fully saturated rings. The molecule has 0 unspecified atom stereocenters. The van der Waals surface area contributed by atoms with Gasteiger partial charge < -0.3 is 29.2 Å². The van der Waals surface area contributed by atoms with Crippen LogP contribution in [0.1, 0.15) is 57.9 Å². The Morgan fingerprint density at radius 2 is 1.88 bits per heavy atom. The van der Waals surface area contributed by atoms with Crippen molar-refractivity contribution < 1.29 is 18.9 Å². The second-order valence-electron chi connectivity index (χ2n) is 11.5. The molecule has 0 radical (unpaired) electrons. The normalized spacial score (nSPS) is 16.5. The van der Waals surface area contributed by atoms with E-state index in [0.29, 0.717) is 60.3 Å². The van der Waals surface area contributed by atoms with Crippen LogP contribution < -0.4 is 19.5 Å². The third kappa shape index (κ3) is 8.15. The summed E-state index contributed by atoms with van der Waals surface area (Å²) < 4.78 is 23.6. The van der Waals surface area contributed by atoms with Crippen LogP contribution in [-0.4, -0.2) is 67.0 Å². The third-order valence-electron chi connectivity index (χ3n) is 8.33. The van der Waals surface area contributed by atoms with Gasteiger partial charge in [0.05, 0.1) is 38.2 Å². The Hall–Kier alpha value is -3.87. The number of rotatable bonds is 12. The van der Waals surface area contributed by atoms with Crippen molar-refractivity contribution in [3.05, 3.63) is 54.2 Å². The molecular formula is C34H43N5O4. The first-order valence-corrected chi connectivity index (χ1v) is 15.5. The van der Waals surface area contributed by atoms with Crippen LogP contribution in [-0.2, 0) is 4.74 Å². The summed E-state index contributed by atoms with van der Waals surface area (Å²) in [5, 5.41) is 13.1. The zero-order chi connectivity index (χ0) is 30.0. The molecule has 3 aromatic rings. The molecule has 0 atom stereocenters. The standard InChI is InChI=1S/C34H43N5O4/c1-24(2)39-17-12-25(13-18-39)6-5-19-42-32-22-27(9-10-31(32)40-3)37-34-36-16-11-30(38-34)29-8-4-7-26(23-35)33(29)43-28-14-20-41-21-15-28/h4,7-11,16,22,24-25,28H,5-6,12-15,17-21H2,1-3H3,(H,36,37,38). The second-order valence-corrected chi connectivity index (χ2v) is 11.5. The molecule has 0 spiro atoms. The minimum absolute atomic E-state index is 0.00273. The number of ether oxygens (including phenoxy) is 4. The van der Waals surface area contributed by atoms with Crippen LogP contribution in [0.25, 0.3) is 11.3 Å². The first-order chi connectivity index (χ1) is 21.0. The largest absolute Gasteiger partial charge is 0.493 e. The molecule has 228 valence electrons. The molecule has 1 N–H and O–H groups in total. The highest BCUT2D eigenvalue weighted by atomic mass is 16.5. The number of para-hydroxylation sites is 1. The van der Waals surface area contributed by atoms with Gasteiger partial charge in [0.15, 0.2) is 11.5 Å². The van der Waals surface area contributed by atoms with Gasteiger partial charge in [-0.15, -0.1) is 0 Å². The lowest BCUT2D eigenvalue weighted by Crippen LogP contribution is -2.38. The Morgan fingerprint density at radius 3 is 2.63 bits per heavy atom. The van der Waals surface area contributed by atoms with Crippen molar-refractivity contribution in [1.82, 2.24) is 14.9 Å². The number of nitrogens with one attached hydrogen (secondary N) is 1. The van der Waals surface area contributed by atoms with Crippen molar-refractivity contribution >= 4 is 11.6 Å². The highest BCUT2D eigenvalue weighted by molar-refractivity contribution is 5.72. The Morgan fingerprint density at radius 1 is 1.07 bits per heavy atom. The van der Waals surface area contributed by atoms with E-state index in [1.54, 1.807) is 19.4 Å². The molecule has 9 nitrogen and oxygen atoms in total. The molecule has 2 aliphatic heterocycles. The number of nitriles is 1. The average molecular weight is 586 g/mol. The molecule has 2 saturated heterocycles. The van der Waals surface area contributed by atoms with Crippen molar-refractivity contribution in [2.45, 2.75) is 64.5 Å². The number of nitrogens with zero attached hydrogens (tertiary/aromatic N) is 4. The zero-order valence-electron chi connectivity index (χ0n) is 25.6. The third-order valence-corrected chi connectivity index (χ3v) is 8.33. The first kappa shape index (κ1) is 30.6. The monoisotopic (exact) mass is 585 g/mol. The van der Waals surface area contributed by atoms with E-state index in [2.05, 4.69) is 35.1 Å². The van der Waals surface area contributed by atoms with E-state index in [4.69, 9.17) is 23.9 Å². The topological polar surface area (TPSA) is 102 Å². The molecule has 2 aliphatic rings. The molecule has 0 bridgehead atoms. The smallest absolute Gasteiger partial charge is 0.227 e.